The molecule has 3 nitrogen and oxygen atoms in total. The first-order valence-electron chi connectivity index (χ1n) is 6.84. The van der Waals surface area contributed by atoms with E-state index in [1.54, 1.807) is 18.2 Å². The fourth-order valence-corrected chi connectivity index (χ4v) is 2.52. The Bertz CT molecular complexity index is 413. The quantitative estimate of drug-likeness (QED) is 0.908. The van der Waals surface area contributed by atoms with Gasteiger partial charge in [-0.3, -0.25) is 4.90 Å². The largest absolute Gasteiger partial charge is 0.388 e. The lowest BCUT2D eigenvalue weighted by Crippen LogP contribution is -2.46. The molecule has 0 amide bonds. The second-order valence-corrected chi connectivity index (χ2v) is 5.36. The third kappa shape index (κ3) is 3.53. The monoisotopic (exact) mass is 267 g/mol. The Morgan fingerprint density at radius 3 is 2.89 bits per heavy atom. The van der Waals surface area contributed by atoms with Crippen molar-refractivity contribution in [3.8, 4) is 0 Å². The molecular weight excluding hydrogens is 245 g/mol. The van der Waals surface area contributed by atoms with E-state index in [1.165, 1.54) is 6.07 Å². The van der Waals surface area contributed by atoms with Crippen LogP contribution in [0.25, 0.3) is 0 Å². The number of halogens is 1. The van der Waals surface area contributed by atoms with E-state index >= 15 is 0 Å². The van der Waals surface area contributed by atoms with Gasteiger partial charge in [-0.2, -0.15) is 0 Å². The molecule has 0 aromatic heterocycles. The molecule has 1 aromatic rings. The maximum absolute atomic E-state index is 13.7. The molecule has 0 saturated carbocycles. The molecule has 1 saturated heterocycles. The van der Waals surface area contributed by atoms with Gasteiger partial charge in [0.2, 0.25) is 0 Å². The summed E-state index contributed by atoms with van der Waals surface area (Å²) < 4.78 is 19.1. The molecule has 4 heteroatoms. The van der Waals surface area contributed by atoms with Crippen LogP contribution >= 0.6 is 0 Å². The Kier molecular flexibility index (Phi) is 4.91. The maximum atomic E-state index is 13.7. The first-order valence-corrected chi connectivity index (χ1v) is 6.84. The van der Waals surface area contributed by atoms with Crippen molar-refractivity contribution in [1.82, 2.24) is 4.90 Å². The second-order valence-electron chi connectivity index (χ2n) is 5.36. The van der Waals surface area contributed by atoms with Crippen LogP contribution in [0.5, 0.6) is 0 Å². The van der Waals surface area contributed by atoms with Crippen molar-refractivity contribution in [3.05, 3.63) is 35.6 Å². The minimum absolute atomic E-state index is 0.0163. The fourth-order valence-electron chi connectivity index (χ4n) is 2.52. The average molecular weight is 267 g/mol. The Morgan fingerprint density at radius 2 is 2.21 bits per heavy atom. The summed E-state index contributed by atoms with van der Waals surface area (Å²) >= 11 is 0. The number of hydrogen-bond donors (Lipinski definition) is 1. The molecule has 106 valence electrons. The molecule has 1 heterocycles. The van der Waals surface area contributed by atoms with E-state index in [-0.39, 0.29) is 11.7 Å². The lowest BCUT2D eigenvalue weighted by atomic mass is 9.96. The number of benzene rings is 1. The highest BCUT2D eigenvalue weighted by Crippen LogP contribution is 2.25. The van der Waals surface area contributed by atoms with E-state index < -0.39 is 6.10 Å². The van der Waals surface area contributed by atoms with Crippen LogP contribution in [0.4, 0.5) is 4.39 Å². The highest BCUT2D eigenvalue weighted by Gasteiger charge is 2.25. The summed E-state index contributed by atoms with van der Waals surface area (Å²) in [6, 6.07) is 6.79. The number of nitrogens with zero attached hydrogens (tertiary/aromatic N) is 1. The van der Waals surface area contributed by atoms with Crippen molar-refractivity contribution in [2.24, 2.45) is 5.92 Å². The van der Waals surface area contributed by atoms with E-state index in [4.69, 9.17) is 4.74 Å². The van der Waals surface area contributed by atoms with Gasteiger partial charge in [0.05, 0.1) is 19.3 Å². The van der Waals surface area contributed by atoms with E-state index in [0.29, 0.717) is 11.6 Å². The number of ether oxygens (including phenoxy) is 1. The van der Waals surface area contributed by atoms with E-state index in [2.05, 4.69) is 11.8 Å². The van der Waals surface area contributed by atoms with Gasteiger partial charge >= 0.3 is 0 Å². The average Bonchev–Trinajstić information content (AvgIpc) is 2.41. The summed E-state index contributed by atoms with van der Waals surface area (Å²) in [7, 11) is 0. The number of aliphatic hydroxyl groups is 1. The van der Waals surface area contributed by atoms with Crippen molar-refractivity contribution in [3.63, 3.8) is 0 Å². The molecule has 19 heavy (non-hydrogen) atoms. The summed E-state index contributed by atoms with van der Waals surface area (Å²) in [5.41, 5.74) is 0.385. The van der Waals surface area contributed by atoms with Crippen LogP contribution in [0.15, 0.2) is 24.3 Å². The molecule has 0 radical (unpaired) electrons. The van der Waals surface area contributed by atoms with Crippen LogP contribution < -0.4 is 0 Å². The van der Waals surface area contributed by atoms with Crippen LogP contribution in [-0.4, -0.2) is 42.4 Å². The molecule has 0 bridgehead atoms. The summed E-state index contributed by atoms with van der Waals surface area (Å²) in [6.45, 7) is 7.14. The normalized spacial score (nSPS) is 24.1. The lowest BCUT2D eigenvalue weighted by Gasteiger charge is -2.36. The molecule has 1 fully saturated rings. The molecule has 0 spiro atoms. The zero-order chi connectivity index (χ0) is 13.8. The van der Waals surface area contributed by atoms with Gasteiger partial charge in [0.1, 0.15) is 5.82 Å². The Morgan fingerprint density at radius 1 is 1.47 bits per heavy atom. The number of rotatable bonds is 4. The summed E-state index contributed by atoms with van der Waals surface area (Å²) in [6.07, 6.45) is -0.767. The third-order valence-electron chi connectivity index (χ3n) is 3.79. The minimum atomic E-state index is -0.767. The Labute approximate surface area is 114 Å². The van der Waals surface area contributed by atoms with Crippen molar-refractivity contribution >= 4 is 0 Å². The Balaban J connectivity index is 1.99. The van der Waals surface area contributed by atoms with E-state index in [1.807, 2.05) is 6.92 Å². The number of hydrogen-bond acceptors (Lipinski definition) is 3. The third-order valence-corrected chi connectivity index (χ3v) is 3.79. The van der Waals surface area contributed by atoms with Gasteiger partial charge < -0.3 is 9.84 Å². The number of morpholine rings is 1. The first-order chi connectivity index (χ1) is 9.09. The van der Waals surface area contributed by atoms with Gasteiger partial charge in [-0.15, -0.1) is 0 Å². The van der Waals surface area contributed by atoms with Gasteiger partial charge in [-0.25, -0.2) is 4.39 Å². The summed E-state index contributed by atoms with van der Waals surface area (Å²) in [5.74, 6) is -0.352. The van der Waals surface area contributed by atoms with Gasteiger partial charge in [0, 0.05) is 24.7 Å². The summed E-state index contributed by atoms with van der Waals surface area (Å²) in [4.78, 5) is 2.29. The second kappa shape index (κ2) is 6.46. The lowest BCUT2D eigenvalue weighted by molar-refractivity contribution is -0.0186. The molecule has 1 N–H and O–H groups in total. The standard InChI is InChI=1S/C15H22FNO2/c1-11(9-17-7-8-19-10-12(17)2)15(18)13-5-3-4-6-14(13)16/h3-6,11-12,15,18H,7-10H2,1-2H3. The van der Waals surface area contributed by atoms with Crippen LogP contribution in [0.3, 0.4) is 0 Å². The van der Waals surface area contributed by atoms with E-state index in [9.17, 15) is 9.50 Å². The molecule has 2 rings (SSSR count). The fraction of sp³-hybridized carbons (Fsp3) is 0.600. The first kappa shape index (κ1) is 14.4. The number of aliphatic hydroxyl groups excluding tert-OH is 1. The molecular formula is C15H22FNO2. The van der Waals surface area contributed by atoms with Crippen LogP contribution in [0, 0.1) is 11.7 Å². The highest BCUT2D eigenvalue weighted by molar-refractivity contribution is 5.20. The molecule has 3 unspecified atom stereocenters. The predicted octanol–water partition coefficient (Wildman–Crippen LogP) is 2.22. The van der Waals surface area contributed by atoms with Gasteiger partial charge in [-0.1, -0.05) is 25.1 Å². The summed E-state index contributed by atoms with van der Waals surface area (Å²) in [5, 5.41) is 10.3. The Hall–Kier alpha value is -0.970. The van der Waals surface area contributed by atoms with Crippen molar-refractivity contribution in [2.45, 2.75) is 26.0 Å². The molecule has 1 aromatic carbocycles. The minimum Gasteiger partial charge on any atom is -0.388 e. The van der Waals surface area contributed by atoms with Crippen molar-refractivity contribution in [2.75, 3.05) is 26.3 Å². The SMILES string of the molecule is CC(CN1CCOCC1C)C(O)c1ccccc1F. The molecule has 1 aliphatic rings. The van der Waals surface area contributed by atoms with Gasteiger partial charge in [0.25, 0.3) is 0 Å². The van der Waals surface area contributed by atoms with Crippen LogP contribution in [0.2, 0.25) is 0 Å². The molecule has 3 atom stereocenters. The van der Waals surface area contributed by atoms with Gasteiger partial charge in [-0.05, 0) is 18.9 Å². The van der Waals surface area contributed by atoms with Crippen LogP contribution in [0.1, 0.15) is 25.5 Å². The van der Waals surface area contributed by atoms with Gasteiger partial charge in [0.15, 0.2) is 0 Å². The maximum Gasteiger partial charge on any atom is 0.129 e. The van der Waals surface area contributed by atoms with Crippen molar-refractivity contribution in [1.29, 1.82) is 0 Å². The highest BCUT2D eigenvalue weighted by atomic mass is 19.1. The molecule has 0 aliphatic carbocycles. The topological polar surface area (TPSA) is 32.7 Å². The van der Waals surface area contributed by atoms with Crippen molar-refractivity contribution < 1.29 is 14.2 Å². The predicted molar refractivity (Wildman–Crippen MR) is 72.4 cm³/mol. The van der Waals surface area contributed by atoms with E-state index in [0.717, 1.165) is 26.3 Å². The zero-order valence-electron chi connectivity index (χ0n) is 11.6. The smallest absolute Gasteiger partial charge is 0.129 e. The molecule has 1 aliphatic heterocycles. The van der Waals surface area contributed by atoms with Crippen LogP contribution in [-0.2, 0) is 4.74 Å². The zero-order valence-corrected chi connectivity index (χ0v) is 11.6.